The number of nitrogens with zero attached hydrogens (tertiary/aromatic N) is 4. The Morgan fingerprint density at radius 3 is 3.04 bits per heavy atom. The van der Waals surface area contributed by atoms with Gasteiger partial charge >= 0.3 is 0 Å². The summed E-state index contributed by atoms with van der Waals surface area (Å²) in [4.78, 5) is 12.4. The van der Waals surface area contributed by atoms with Crippen LogP contribution in [0.25, 0.3) is 0 Å². The van der Waals surface area contributed by atoms with Gasteiger partial charge in [0.2, 0.25) is 17.9 Å². The van der Waals surface area contributed by atoms with Crippen molar-refractivity contribution >= 4 is 23.4 Å². The van der Waals surface area contributed by atoms with Crippen molar-refractivity contribution in [2.45, 2.75) is 36.2 Å². The number of rotatable bonds is 5. The highest BCUT2D eigenvalue weighted by Gasteiger charge is 2.29. The number of ether oxygens (including phenoxy) is 2. The zero-order chi connectivity index (χ0) is 15.8. The number of carbonyl (C=O) groups is 1. The molecule has 1 aliphatic carbocycles. The van der Waals surface area contributed by atoms with Gasteiger partial charge in [0, 0.05) is 11.8 Å². The van der Waals surface area contributed by atoms with E-state index in [9.17, 15) is 4.79 Å². The van der Waals surface area contributed by atoms with E-state index in [-0.39, 0.29) is 18.0 Å². The SMILES string of the molecule is CC(Sc1nnnn1C1CC1)C(=O)Nc1ccc2c(c1)OCO2. The lowest BCUT2D eigenvalue weighted by atomic mass is 10.2. The number of amides is 1. The number of hydrogen-bond acceptors (Lipinski definition) is 7. The lowest BCUT2D eigenvalue weighted by Crippen LogP contribution is -2.23. The van der Waals surface area contributed by atoms with Crippen LogP contribution in [0.1, 0.15) is 25.8 Å². The number of carbonyl (C=O) groups excluding carboxylic acids is 1. The van der Waals surface area contributed by atoms with Crippen LogP contribution in [0.4, 0.5) is 5.69 Å². The second-order valence-electron chi connectivity index (χ2n) is 5.45. The van der Waals surface area contributed by atoms with Crippen LogP contribution < -0.4 is 14.8 Å². The molecule has 1 amide bonds. The third-order valence-corrected chi connectivity index (χ3v) is 4.69. The van der Waals surface area contributed by atoms with Gasteiger partial charge in [-0.15, -0.1) is 5.10 Å². The zero-order valence-electron chi connectivity index (χ0n) is 12.4. The topological polar surface area (TPSA) is 91.2 Å². The minimum Gasteiger partial charge on any atom is -0.454 e. The summed E-state index contributed by atoms with van der Waals surface area (Å²) in [6.45, 7) is 2.04. The first-order valence-electron chi connectivity index (χ1n) is 7.36. The molecule has 9 heteroatoms. The third-order valence-electron chi connectivity index (χ3n) is 3.65. The van der Waals surface area contributed by atoms with E-state index < -0.39 is 0 Å². The molecule has 0 spiro atoms. The minimum absolute atomic E-state index is 0.112. The van der Waals surface area contributed by atoms with E-state index in [4.69, 9.17) is 9.47 Å². The Morgan fingerprint density at radius 2 is 2.22 bits per heavy atom. The fourth-order valence-electron chi connectivity index (χ4n) is 2.24. The van der Waals surface area contributed by atoms with E-state index in [0.717, 1.165) is 12.8 Å². The van der Waals surface area contributed by atoms with Crippen molar-refractivity contribution in [1.82, 2.24) is 20.2 Å². The number of nitrogens with one attached hydrogen (secondary N) is 1. The Kier molecular flexibility index (Phi) is 3.56. The second-order valence-corrected chi connectivity index (χ2v) is 6.76. The lowest BCUT2D eigenvalue weighted by Gasteiger charge is -2.11. The van der Waals surface area contributed by atoms with Gasteiger partial charge in [-0.25, -0.2) is 4.68 Å². The third kappa shape index (κ3) is 2.96. The van der Waals surface area contributed by atoms with Crippen LogP contribution in [-0.4, -0.2) is 38.2 Å². The first-order chi connectivity index (χ1) is 11.2. The number of fused-ring (bicyclic) bond motifs is 1. The first-order valence-corrected chi connectivity index (χ1v) is 8.24. The van der Waals surface area contributed by atoms with Crippen LogP contribution in [-0.2, 0) is 4.79 Å². The number of hydrogen-bond donors (Lipinski definition) is 1. The molecule has 1 N–H and O–H groups in total. The van der Waals surface area contributed by atoms with E-state index in [1.165, 1.54) is 11.8 Å². The quantitative estimate of drug-likeness (QED) is 0.835. The van der Waals surface area contributed by atoms with Gasteiger partial charge in [-0.2, -0.15) is 0 Å². The molecule has 120 valence electrons. The van der Waals surface area contributed by atoms with Crippen LogP contribution in [0.2, 0.25) is 0 Å². The van der Waals surface area contributed by atoms with Gasteiger partial charge in [0.25, 0.3) is 0 Å². The van der Waals surface area contributed by atoms with Crippen molar-refractivity contribution < 1.29 is 14.3 Å². The fourth-order valence-corrected chi connectivity index (χ4v) is 3.10. The second kappa shape index (κ2) is 5.73. The molecule has 2 aliphatic rings. The Balaban J connectivity index is 1.41. The Bertz CT molecular complexity index is 746. The summed E-state index contributed by atoms with van der Waals surface area (Å²) in [5.74, 6) is 1.22. The van der Waals surface area contributed by atoms with Gasteiger partial charge in [-0.1, -0.05) is 11.8 Å². The van der Waals surface area contributed by atoms with Gasteiger partial charge in [0.15, 0.2) is 11.5 Å². The predicted molar refractivity (Wildman–Crippen MR) is 82.6 cm³/mol. The number of thioether (sulfide) groups is 1. The van der Waals surface area contributed by atoms with Crippen molar-refractivity contribution in [1.29, 1.82) is 0 Å². The normalized spacial score (nSPS) is 17.1. The molecule has 2 heterocycles. The van der Waals surface area contributed by atoms with Crippen LogP contribution in [0.5, 0.6) is 11.5 Å². The van der Waals surface area contributed by atoms with Gasteiger partial charge in [0.05, 0.1) is 11.3 Å². The summed E-state index contributed by atoms with van der Waals surface area (Å²) in [6.07, 6.45) is 2.19. The summed E-state index contributed by atoms with van der Waals surface area (Å²) in [5, 5.41) is 14.9. The standard InChI is InChI=1S/C14H15N5O3S/c1-8(23-14-16-17-18-19(14)10-3-4-10)13(20)15-9-2-5-11-12(6-9)22-7-21-11/h2,5-6,8,10H,3-4,7H2,1H3,(H,15,20). The molecule has 1 atom stereocenters. The maximum Gasteiger partial charge on any atom is 0.237 e. The first kappa shape index (κ1) is 14.3. The molecular weight excluding hydrogens is 318 g/mol. The van der Waals surface area contributed by atoms with Crippen LogP contribution in [0, 0.1) is 0 Å². The highest BCUT2D eigenvalue weighted by atomic mass is 32.2. The van der Waals surface area contributed by atoms with Crippen LogP contribution in [0.3, 0.4) is 0 Å². The number of aromatic nitrogens is 4. The van der Waals surface area contributed by atoms with E-state index in [1.807, 2.05) is 6.92 Å². The van der Waals surface area contributed by atoms with E-state index >= 15 is 0 Å². The fraction of sp³-hybridized carbons (Fsp3) is 0.429. The van der Waals surface area contributed by atoms with Crippen molar-refractivity contribution in [3.05, 3.63) is 18.2 Å². The molecule has 1 unspecified atom stereocenters. The van der Waals surface area contributed by atoms with Crippen molar-refractivity contribution in [3.63, 3.8) is 0 Å². The zero-order valence-corrected chi connectivity index (χ0v) is 13.2. The van der Waals surface area contributed by atoms with E-state index in [2.05, 4.69) is 20.8 Å². The van der Waals surface area contributed by atoms with Crippen LogP contribution in [0.15, 0.2) is 23.4 Å². The number of tetrazole rings is 1. The monoisotopic (exact) mass is 333 g/mol. The molecule has 1 fully saturated rings. The maximum atomic E-state index is 12.4. The molecular formula is C14H15N5O3S. The maximum absolute atomic E-state index is 12.4. The number of anilines is 1. The summed E-state index contributed by atoms with van der Waals surface area (Å²) < 4.78 is 12.4. The Hall–Kier alpha value is -2.29. The summed E-state index contributed by atoms with van der Waals surface area (Å²) in [5.41, 5.74) is 0.675. The average Bonchev–Trinajstić information content (AvgIpc) is 3.10. The van der Waals surface area contributed by atoms with Crippen molar-refractivity contribution in [3.8, 4) is 11.5 Å². The minimum atomic E-state index is -0.316. The Morgan fingerprint density at radius 1 is 1.39 bits per heavy atom. The molecule has 1 aromatic heterocycles. The lowest BCUT2D eigenvalue weighted by molar-refractivity contribution is -0.115. The Labute approximate surface area is 136 Å². The largest absolute Gasteiger partial charge is 0.454 e. The molecule has 23 heavy (non-hydrogen) atoms. The molecule has 0 saturated heterocycles. The molecule has 1 aromatic carbocycles. The van der Waals surface area contributed by atoms with Crippen molar-refractivity contribution in [2.24, 2.45) is 0 Å². The van der Waals surface area contributed by atoms with Gasteiger partial charge in [-0.3, -0.25) is 4.79 Å². The smallest absolute Gasteiger partial charge is 0.237 e. The van der Waals surface area contributed by atoms with Crippen LogP contribution >= 0.6 is 11.8 Å². The predicted octanol–water partition coefficient (Wildman–Crippen LogP) is 1.86. The number of benzene rings is 1. The molecule has 1 aliphatic heterocycles. The van der Waals surface area contributed by atoms with E-state index in [1.54, 1.807) is 22.9 Å². The summed E-state index contributed by atoms with van der Waals surface area (Å²) >= 11 is 1.36. The summed E-state index contributed by atoms with van der Waals surface area (Å²) in [6, 6.07) is 5.71. The van der Waals surface area contributed by atoms with Crippen molar-refractivity contribution in [2.75, 3.05) is 12.1 Å². The summed E-state index contributed by atoms with van der Waals surface area (Å²) in [7, 11) is 0. The molecule has 8 nitrogen and oxygen atoms in total. The highest BCUT2D eigenvalue weighted by molar-refractivity contribution is 8.00. The average molecular weight is 333 g/mol. The molecule has 2 aromatic rings. The van der Waals surface area contributed by atoms with E-state index in [0.29, 0.717) is 28.4 Å². The molecule has 4 rings (SSSR count). The molecule has 1 saturated carbocycles. The molecule has 0 bridgehead atoms. The highest BCUT2D eigenvalue weighted by Crippen LogP contribution is 2.37. The molecule has 0 radical (unpaired) electrons. The van der Waals surface area contributed by atoms with Gasteiger partial charge in [-0.05, 0) is 42.3 Å². The van der Waals surface area contributed by atoms with Gasteiger partial charge in [0.1, 0.15) is 0 Å². The van der Waals surface area contributed by atoms with Gasteiger partial charge < -0.3 is 14.8 Å².